The van der Waals surface area contributed by atoms with Crippen LogP contribution in [0, 0.1) is 5.82 Å². The van der Waals surface area contributed by atoms with E-state index >= 15 is 0 Å². The number of ketones is 1. The largest absolute Gasteiger partial charge is 0.299 e. The summed E-state index contributed by atoms with van der Waals surface area (Å²) in [6, 6.07) is 6.27. The first kappa shape index (κ1) is 10.3. The Labute approximate surface area is 81.3 Å². The lowest BCUT2D eigenvalue weighted by Gasteiger charge is -2.06. The van der Waals surface area contributed by atoms with Crippen molar-refractivity contribution in [2.45, 2.75) is 24.0 Å². The molecule has 0 amide bonds. The quantitative estimate of drug-likeness (QED) is 0.695. The van der Waals surface area contributed by atoms with Crippen molar-refractivity contribution in [1.29, 1.82) is 0 Å². The predicted molar refractivity (Wildman–Crippen MR) is 52.4 cm³/mol. The molecular formula is C10H11FOS. The van der Waals surface area contributed by atoms with E-state index < -0.39 is 0 Å². The molecule has 0 saturated carbocycles. The van der Waals surface area contributed by atoms with E-state index in [1.54, 1.807) is 12.1 Å². The van der Waals surface area contributed by atoms with Gasteiger partial charge in [-0.25, -0.2) is 4.39 Å². The van der Waals surface area contributed by atoms with E-state index in [-0.39, 0.29) is 16.9 Å². The summed E-state index contributed by atoms with van der Waals surface area (Å²) in [5.74, 6) is -0.157. The van der Waals surface area contributed by atoms with Gasteiger partial charge in [-0.3, -0.25) is 4.79 Å². The van der Waals surface area contributed by atoms with Crippen LogP contribution in [0.1, 0.15) is 13.8 Å². The third kappa shape index (κ3) is 3.19. The van der Waals surface area contributed by atoms with Crippen molar-refractivity contribution in [3.63, 3.8) is 0 Å². The number of halogens is 1. The number of carbonyl (C=O) groups is 1. The van der Waals surface area contributed by atoms with E-state index in [1.165, 1.54) is 30.8 Å². The second kappa shape index (κ2) is 4.42. The monoisotopic (exact) mass is 198 g/mol. The van der Waals surface area contributed by atoms with E-state index in [9.17, 15) is 9.18 Å². The molecule has 0 radical (unpaired) electrons. The molecule has 0 aliphatic heterocycles. The standard InChI is InChI=1S/C10H11FOS/c1-7(12)8(2)13-10-5-3-4-9(11)6-10/h3-6,8H,1-2H3. The predicted octanol–water partition coefficient (Wildman–Crippen LogP) is 2.90. The van der Waals surface area contributed by atoms with E-state index in [1.807, 2.05) is 6.92 Å². The molecule has 0 aliphatic carbocycles. The summed E-state index contributed by atoms with van der Waals surface area (Å²) in [6.45, 7) is 3.36. The summed E-state index contributed by atoms with van der Waals surface area (Å²) in [5.41, 5.74) is 0. The van der Waals surface area contributed by atoms with Crippen LogP contribution < -0.4 is 0 Å². The number of Topliss-reactive ketones (excluding diaryl/α,β-unsaturated/α-hetero) is 1. The highest BCUT2D eigenvalue weighted by molar-refractivity contribution is 8.00. The van der Waals surface area contributed by atoms with Gasteiger partial charge >= 0.3 is 0 Å². The zero-order valence-electron chi connectivity index (χ0n) is 7.58. The molecule has 1 aromatic carbocycles. The number of thioether (sulfide) groups is 1. The molecule has 0 N–H and O–H groups in total. The van der Waals surface area contributed by atoms with E-state index in [2.05, 4.69) is 0 Å². The van der Waals surface area contributed by atoms with Gasteiger partial charge in [0.15, 0.2) is 0 Å². The van der Waals surface area contributed by atoms with Crippen LogP contribution >= 0.6 is 11.8 Å². The van der Waals surface area contributed by atoms with Crippen LogP contribution in [0.15, 0.2) is 29.2 Å². The zero-order chi connectivity index (χ0) is 9.84. The molecule has 0 fully saturated rings. The highest BCUT2D eigenvalue weighted by Gasteiger charge is 2.08. The average Bonchev–Trinajstić information content (AvgIpc) is 2.04. The molecular weight excluding hydrogens is 187 g/mol. The normalized spacial score (nSPS) is 12.5. The van der Waals surface area contributed by atoms with Gasteiger partial charge in [-0.05, 0) is 32.0 Å². The minimum absolute atomic E-state index is 0.106. The van der Waals surface area contributed by atoms with Crippen molar-refractivity contribution in [3.05, 3.63) is 30.1 Å². The van der Waals surface area contributed by atoms with Crippen molar-refractivity contribution < 1.29 is 9.18 Å². The second-order valence-corrected chi connectivity index (χ2v) is 4.24. The fourth-order valence-electron chi connectivity index (χ4n) is 0.827. The van der Waals surface area contributed by atoms with Gasteiger partial charge in [0.2, 0.25) is 0 Å². The Balaban J connectivity index is 2.69. The lowest BCUT2D eigenvalue weighted by atomic mass is 10.3. The summed E-state index contributed by atoms with van der Waals surface area (Å²) in [5, 5.41) is -0.109. The van der Waals surface area contributed by atoms with Gasteiger partial charge in [-0.2, -0.15) is 0 Å². The molecule has 1 atom stereocenters. The molecule has 1 aromatic rings. The minimum Gasteiger partial charge on any atom is -0.299 e. The summed E-state index contributed by atoms with van der Waals surface area (Å²) < 4.78 is 12.7. The Morgan fingerprint density at radius 2 is 2.23 bits per heavy atom. The van der Waals surface area contributed by atoms with Crippen LogP contribution in [0.25, 0.3) is 0 Å². The van der Waals surface area contributed by atoms with Gasteiger partial charge in [0, 0.05) is 4.90 Å². The summed E-state index contributed by atoms with van der Waals surface area (Å²) >= 11 is 1.38. The van der Waals surface area contributed by atoms with Crippen LogP contribution in [0.2, 0.25) is 0 Å². The van der Waals surface area contributed by atoms with E-state index in [4.69, 9.17) is 0 Å². The first-order valence-corrected chi connectivity index (χ1v) is 4.90. The molecule has 0 aliphatic rings. The minimum atomic E-state index is -0.263. The number of carbonyl (C=O) groups excluding carboxylic acids is 1. The zero-order valence-corrected chi connectivity index (χ0v) is 8.40. The van der Waals surface area contributed by atoms with E-state index in [0.717, 1.165) is 4.90 Å². The molecule has 0 heterocycles. The third-order valence-corrected chi connectivity index (χ3v) is 2.89. The highest BCUT2D eigenvalue weighted by Crippen LogP contribution is 2.23. The first-order valence-electron chi connectivity index (χ1n) is 4.02. The van der Waals surface area contributed by atoms with E-state index in [0.29, 0.717) is 0 Å². The van der Waals surface area contributed by atoms with Crippen molar-refractivity contribution in [2.24, 2.45) is 0 Å². The maximum absolute atomic E-state index is 12.7. The Morgan fingerprint density at radius 3 is 2.77 bits per heavy atom. The van der Waals surface area contributed by atoms with Crippen LogP contribution in [0.4, 0.5) is 4.39 Å². The van der Waals surface area contributed by atoms with Crippen molar-refractivity contribution >= 4 is 17.5 Å². The van der Waals surface area contributed by atoms with Gasteiger partial charge in [0.05, 0.1) is 5.25 Å². The Kier molecular flexibility index (Phi) is 3.48. The summed E-state index contributed by atoms with van der Waals surface area (Å²) in [7, 11) is 0. The van der Waals surface area contributed by atoms with Crippen LogP contribution in [-0.2, 0) is 4.79 Å². The third-order valence-electron chi connectivity index (χ3n) is 1.68. The number of rotatable bonds is 3. The van der Waals surface area contributed by atoms with Gasteiger partial charge in [0.1, 0.15) is 11.6 Å². The Bertz CT molecular complexity index is 312. The molecule has 1 rings (SSSR count). The molecule has 0 spiro atoms. The summed E-state index contributed by atoms with van der Waals surface area (Å²) in [6.07, 6.45) is 0. The number of hydrogen-bond donors (Lipinski definition) is 0. The molecule has 0 bridgehead atoms. The highest BCUT2D eigenvalue weighted by atomic mass is 32.2. The van der Waals surface area contributed by atoms with Crippen LogP contribution in [-0.4, -0.2) is 11.0 Å². The maximum Gasteiger partial charge on any atom is 0.142 e. The lowest BCUT2D eigenvalue weighted by Crippen LogP contribution is -2.07. The smallest absolute Gasteiger partial charge is 0.142 e. The van der Waals surface area contributed by atoms with Crippen LogP contribution in [0.5, 0.6) is 0 Å². The van der Waals surface area contributed by atoms with Gasteiger partial charge < -0.3 is 0 Å². The van der Waals surface area contributed by atoms with Gasteiger partial charge in [0.25, 0.3) is 0 Å². The van der Waals surface area contributed by atoms with Crippen molar-refractivity contribution in [3.8, 4) is 0 Å². The van der Waals surface area contributed by atoms with Crippen molar-refractivity contribution in [2.75, 3.05) is 0 Å². The lowest BCUT2D eigenvalue weighted by molar-refractivity contribution is -0.116. The SMILES string of the molecule is CC(=O)C(C)Sc1cccc(F)c1. The Hall–Kier alpha value is -0.830. The maximum atomic E-state index is 12.7. The topological polar surface area (TPSA) is 17.1 Å². The first-order chi connectivity index (χ1) is 6.09. The molecule has 1 unspecified atom stereocenters. The molecule has 70 valence electrons. The van der Waals surface area contributed by atoms with Crippen LogP contribution in [0.3, 0.4) is 0 Å². The fraction of sp³-hybridized carbons (Fsp3) is 0.300. The van der Waals surface area contributed by atoms with Gasteiger partial charge in [-0.1, -0.05) is 6.07 Å². The molecule has 0 saturated heterocycles. The molecule has 13 heavy (non-hydrogen) atoms. The molecule has 3 heteroatoms. The van der Waals surface area contributed by atoms with Gasteiger partial charge in [-0.15, -0.1) is 11.8 Å². The Morgan fingerprint density at radius 1 is 1.54 bits per heavy atom. The van der Waals surface area contributed by atoms with Crippen molar-refractivity contribution in [1.82, 2.24) is 0 Å². The molecule has 0 aromatic heterocycles. The second-order valence-electron chi connectivity index (χ2n) is 2.83. The number of hydrogen-bond acceptors (Lipinski definition) is 2. The molecule has 1 nitrogen and oxygen atoms in total. The average molecular weight is 198 g/mol. The summed E-state index contributed by atoms with van der Waals surface area (Å²) in [4.78, 5) is 11.7. The fourth-order valence-corrected chi connectivity index (χ4v) is 1.74. The number of benzene rings is 1.